The second-order valence-electron chi connectivity index (χ2n) is 4.74. The van der Waals surface area contributed by atoms with Crippen molar-refractivity contribution in [1.29, 1.82) is 0 Å². The number of rotatable bonds is 3. The van der Waals surface area contributed by atoms with Crippen LogP contribution in [0.5, 0.6) is 0 Å². The number of nitrogens with two attached hydrogens (primary N) is 1. The summed E-state index contributed by atoms with van der Waals surface area (Å²) in [4.78, 5) is 23.1. The van der Waals surface area contributed by atoms with Crippen LogP contribution in [0.2, 0.25) is 0 Å². The summed E-state index contributed by atoms with van der Waals surface area (Å²) in [5.74, 6) is -0.518. The molecule has 96 valence electrons. The van der Waals surface area contributed by atoms with Gasteiger partial charge in [-0.25, -0.2) is 4.79 Å². The van der Waals surface area contributed by atoms with Gasteiger partial charge in [-0.3, -0.25) is 4.79 Å². The molecule has 1 fully saturated rings. The first-order valence-corrected chi connectivity index (χ1v) is 6.07. The van der Waals surface area contributed by atoms with Crippen LogP contribution < -0.4 is 5.73 Å². The Hall–Kier alpha value is -1.84. The molecule has 0 bridgehead atoms. The minimum absolute atomic E-state index is 0.401. The van der Waals surface area contributed by atoms with Crippen LogP contribution in [-0.2, 0) is 4.74 Å². The predicted octanol–water partition coefficient (Wildman–Crippen LogP) is 2.15. The smallest absolute Gasteiger partial charge is 0.338 e. The summed E-state index contributed by atoms with van der Waals surface area (Å²) in [5, 5.41) is 0. The van der Waals surface area contributed by atoms with Gasteiger partial charge in [0.15, 0.2) is 0 Å². The van der Waals surface area contributed by atoms with E-state index >= 15 is 0 Å². The number of hydrogen-bond donors (Lipinski definition) is 1. The molecule has 0 aromatic heterocycles. The summed E-state index contributed by atoms with van der Waals surface area (Å²) < 4.78 is 4.70. The first-order valence-electron chi connectivity index (χ1n) is 6.07. The molecule has 0 unspecified atom stereocenters. The van der Waals surface area contributed by atoms with Crippen LogP contribution >= 0.6 is 0 Å². The molecule has 4 heteroatoms. The molecule has 1 amide bonds. The SMILES string of the molecule is COC(=O)c1cc(C(N)=O)c(C2CCC2)cc1C. The third-order valence-corrected chi connectivity index (χ3v) is 3.61. The van der Waals surface area contributed by atoms with Crippen LogP contribution in [0.25, 0.3) is 0 Å². The molecule has 0 aliphatic heterocycles. The lowest BCUT2D eigenvalue weighted by Gasteiger charge is -2.28. The number of benzene rings is 1. The Bertz CT molecular complexity index is 504. The fraction of sp³-hybridized carbons (Fsp3) is 0.429. The lowest BCUT2D eigenvalue weighted by molar-refractivity contribution is 0.0600. The number of aryl methyl sites for hydroxylation is 1. The number of esters is 1. The third-order valence-electron chi connectivity index (χ3n) is 3.61. The Kier molecular flexibility index (Phi) is 3.36. The second kappa shape index (κ2) is 4.80. The van der Waals surface area contributed by atoms with E-state index < -0.39 is 11.9 Å². The topological polar surface area (TPSA) is 69.4 Å². The summed E-state index contributed by atoms with van der Waals surface area (Å²) in [7, 11) is 1.32. The minimum atomic E-state index is -0.484. The fourth-order valence-electron chi connectivity index (χ4n) is 2.33. The van der Waals surface area contributed by atoms with E-state index in [2.05, 4.69) is 0 Å². The zero-order valence-corrected chi connectivity index (χ0v) is 10.7. The second-order valence-corrected chi connectivity index (χ2v) is 4.74. The summed E-state index contributed by atoms with van der Waals surface area (Å²) in [6.07, 6.45) is 3.34. The largest absolute Gasteiger partial charge is 0.465 e. The van der Waals surface area contributed by atoms with Gasteiger partial charge in [0, 0.05) is 5.56 Å². The lowest BCUT2D eigenvalue weighted by Crippen LogP contribution is -2.20. The highest BCUT2D eigenvalue weighted by Gasteiger charge is 2.26. The van der Waals surface area contributed by atoms with Gasteiger partial charge in [0.25, 0.3) is 0 Å². The fourth-order valence-corrected chi connectivity index (χ4v) is 2.33. The van der Waals surface area contributed by atoms with Gasteiger partial charge in [0.2, 0.25) is 5.91 Å². The number of primary amides is 1. The molecule has 1 aliphatic rings. The van der Waals surface area contributed by atoms with Crippen LogP contribution in [-0.4, -0.2) is 19.0 Å². The van der Waals surface area contributed by atoms with Crippen molar-refractivity contribution < 1.29 is 14.3 Å². The lowest BCUT2D eigenvalue weighted by atomic mass is 9.77. The molecule has 4 nitrogen and oxygen atoms in total. The Morgan fingerprint density at radius 3 is 2.39 bits per heavy atom. The zero-order chi connectivity index (χ0) is 13.3. The van der Waals surface area contributed by atoms with Gasteiger partial charge in [0.1, 0.15) is 0 Å². The molecule has 0 radical (unpaired) electrons. The molecule has 0 atom stereocenters. The highest BCUT2D eigenvalue weighted by Crippen LogP contribution is 2.38. The van der Waals surface area contributed by atoms with E-state index in [4.69, 9.17) is 10.5 Å². The average Bonchev–Trinajstić information content (AvgIpc) is 2.25. The normalized spacial score (nSPS) is 15.0. The van der Waals surface area contributed by atoms with Gasteiger partial charge in [-0.1, -0.05) is 12.5 Å². The molecule has 0 spiro atoms. The highest BCUT2D eigenvalue weighted by molar-refractivity contribution is 5.99. The summed E-state index contributed by atoms with van der Waals surface area (Å²) >= 11 is 0. The van der Waals surface area contributed by atoms with E-state index in [0.717, 1.165) is 24.0 Å². The maximum atomic E-state index is 11.6. The number of hydrogen-bond acceptors (Lipinski definition) is 3. The van der Waals surface area contributed by atoms with E-state index in [1.165, 1.54) is 13.5 Å². The quantitative estimate of drug-likeness (QED) is 0.832. The van der Waals surface area contributed by atoms with Gasteiger partial charge in [-0.15, -0.1) is 0 Å². The van der Waals surface area contributed by atoms with Gasteiger partial charge in [-0.2, -0.15) is 0 Å². The molecule has 1 aliphatic carbocycles. The van der Waals surface area contributed by atoms with Crippen LogP contribution in [0, 0.1) is 6.92 Å². The maximum Gasteiger partial charge on any atom is 0.338 e. The predicted molar refractivity (Wildman–Crippen MR) is 67.6 cm³/mol. The molecule has 2 N–H and O–H groups in total. The highest BCUT2D eigenvalue weighted by atomic mass is 16.5. The van der Waals surface area contributed by atoms with Gasteiger partial charge in [0.05, 0.1) is 12.7 Å². The summed E-state index contributed by atoms with van der Waals surface area (Å²) in [6, 6.07) is 3.47. The number of ether oxygens (including phenoxy) is 1. The molecular weight excluding hydrogens is 230 g/mol. The van der Waals surface area contributed by atoms with Crippen molar-refractivity contribution in [2.45, 2.75) is 32.1 Å². The molecule has 0 saturated heterocycles. The van der Waals surface area contributed by atoms with Crippen LogP contribution in [0.15, 0.2) is 12.1 Å². The van der Waals surface area contributed by atoms with E-state index in [1.54, 1.807) is 6.07 Å². The van der Waals surface area contributed by atoms with Gasteiger partial charge in [-0.05, 0) is 42.9 Å². The molecule has 0 heterocycles. The van der Waals surface area contributed by atoms with Crippen molar-refractivity contribution in [2.75, 3.05) is 7.11 Å². The minimum Gasteiger partial charge on any atom is -0.465 e. The molecule has 1 saturated carbocycles. The molecule has 1 aromatic carbocycles. The monoisotopic (exact) mass is 247 g/mol. The van der Waals surface area contributed by atoms with E-state index in [0.29, 0.717) is 17.0 Å². The molecule has 18 heavy (non-hydrogen) atoms. The number of carbonyl (C=O) groups is 2. The Balaban J connectivity index is 2.51. The van der Waals surface area contributed by atoms with Crippen LogP contribution in [0.4, 0.5) is 0 Å². The van der Waals surface area contributed by atoms with Crippen molar-refractivity contribution in [3.63, 3.8) is 0 Å². The van der Waals surface area contributed by atoms with Crippen molar-refractivity contribution in [1.82, 2.24) is 0 Å². The van der Waals surface area contributed by atoms with Gasteiger partial charge < -0.3 is 10.5 Å². The first-order chi connectivity index (χ1) is 8.54. The Morgan fingerprint density at radius 1 is 1.28 bits per heavy atom. The standard InChI is InChI=1S/C14H17NO3/c1-8-6-11(9-4-3-5-9)12(13(15)16)7-10(8)14(17)18-2/h6-7,9H,3-5H2,1-2H3,(H2,15,16). The average molecular weight is 247 g/mol. The van der Waals surface area contributed by atoms with Crippen molar-refractivity contribution in [3.8, 4) is 0 Å². The number of amides is 1. The van der Waals surface area contributed by atoms with Crippen molar-refractivity contribution >= 4 is 11.9 Å². The van der Waals surface area contributed by atoms with Gasteiger partial charge >= 0.3 is 5.97 Å². The maximum absolute atomic E-state index is 11.6. The van der Waals surface area contributed by atoms with E-state index in [9.17, 15) is 9.59 Å². The number of methoxy groups -OCH3 is 1. The van der Waals surface area contributed by atoms with Crippen molar-refractivity contribution in [2.24, 2.45) is 5.73 Å². The van der Waals surface area contributed by atoms with Crippen LogP contribution in [0.3, 0.4) is 0 Å². The zero-order valence-electron chi connectivity index (χ0n) is 10.7. The molecular formula is C14H17NO3. The van der Waals surface area contributed by atoms with Crippen LogP contribution in [0.1, 0.15) is 57.0 Å². The van der Waals surface area contributed by atoms with E-state index in [-0.39, 0.29) is 0 Å². The number of carbonyl (C=O) groups excluding carboxylic acids is 2. The first kappa shape index (κ1) is 12.6. The third kappa shape index (κ3) is 2.10. The Morgan fingerprint density at radius 2 is 1.94 bits per heavy atom. The van der Waals surface area contributed by atoms with E-state index in [1.807, 2.05) is 13.0 Å². The van der Waals surface area contributed by atoms with Crippen molar-refractivity contribution in [3.05, 3.63) is 34.4 Å². The summed E-state index contributed by atoms with van der Waals surface area (Å²) in [6.45, 7) is 1.85. The molecule has 1 aromatic rings. The Labute approximate surface area is 106 Å². The summed E-state index contributed by atoms with van der Waals surface area (Å²) in [5.41, 5.74) is 8.06. The molecule has 2 rings (SSSR count).